The average Bonchev–Trinajstić information content (AvgIpc) is 2.39. The van der Waals surface area contributed by atoms with Gasteiger partial charge in [-0.1, -0.05) is 0 Å². The van der Waals surface area contributed by atoms with Crippen LogP contribution in [0.2, 0.25) is 0 Å². The molecule has 5 heteroatoms. The number of rotatable bonds is 3. The van der Waals surface area contributed by atoms with Gasteiger partial charge in [-0.2, -0.15) is 0 Å². The molecule has 0 aliphatic heterocycles. The standard InChI is InChI=1S/C16H20BrN3O/c17-13-8-19-14(9-18-13)20-15(21)7-16-4-10-1-11(5-16)3-12(2-10)6-16/h8-12H,1-7H2,(H,19,20,21). The van der Waals surface area contributed by atoms with Gasteiger partial charge in [0.1, 0.15) is 4.60 Å². The lowest BCUT2D eigenvalue weighted by atomic mass is 9.49. The van der Waals surface area contributed by atoms with Crippen molar-refractivity contribution in [2.45, 2.75) is 44.9 Å². The lowest BCUT2D eigenvalue weighted by Crippen LogP contribution is -2.47. The van der Waals surface area contributed by atoms with E-state index < -0.39 is 0 Å². The Hall–Kier alpha value is -0.970. The second-order valence-electron chi connectivity index (χ2n) is 7.37. The van der Waals surface area contributed by atoms with Crippen molar-refractivity contribution in [2.24, 2.45) is 23.2 Å². The smallest absolute Gasteiger partial charge is 0.226 e. The summed E-state index contributed by atoms with van der Waals surface area (Å²) in [5, 5.41) is 2.91. The molecule has 1 amide bonds. The Morgan fingerprint density at radius 3 is 2.29 bits per heavy atom. The Morgan fingerprint density at radius 1 is 1.14 bits per heavy atom. The van der Waals surface area contributed by atoms with Gasteiger partial charge in [-0.25, -0.2) is 9.97 Å². The van der Waals surface area contributed by atoms with E-state index in [1.54, 1.807) is 12.4 Å². The van der Waals surface area contributed by atoms with E-state index in [2.05, 4.69) is 31.2 Å². The molecule has 1 aromatic heterocycles. The van der Waals surface area contributed by atoms with Gasteiger partial charge in [0, 0.05) is 6.42 Å². The number of halogens is 1. The summed E-state index contributed by atoms with van der Waals surface area (Å²) in [7, 11) is 0. The molecule has 0 radical (unpaired) electrons. The van der Waals surface area contributed by atoms with Crippen LogP contribution < -0.4 is 5.32 Å². The van der Waals surface area contributed by atoms with Gasteiger partial charge in [0.25, 0.3) is 0 Å². The van der Waals surface area contributed by atoms with E-state index in [4.69, 9.17) is 0 Å². The first kappa shape index (κ1) is 13.7. The van der Waals surface area contributed by atoms with Crippen molar-refractivity contribution in [1.82, 2.24) is 9.97 Å². The predicted molar refractivity (Wildman–Crippen MR) is 83.6 cm³/mol. The van der Waals surface area contributed by atoms with E-state index >= 15 is 0 Å². The first-order valence-electron chi connectivity index (χ1n) is 7.88. The van der Waals surface area contributed by atoms with Crippen molar-refractivity contribution in [3.63, 3.8) is 0 Å². The molecule has 4 aliphatic rings. The molecule has 0 unspecified atom stereocenters. The van der Waals surface area contributed by atoms with Crippen LogP contribution in [-0.2, 0) is 4.79 Å². The summed E-state index contributed by atoms with van der Waals surface area (Å²) in [6.07, 6.45) is 11.9. The number of hydrogen-bond acceptors (Lipinski definition) is 3. The van der Waals surface area contributed by atoms with Crippen molar-refractivity contribution < 1.29 is 4.79 Å². The summed E-state index contributed by atoms with van der Waals surface area (Å²) in [4.78, 5) is 20.7. The lowest BCUT2D eigenvalue weighted by molar-refractivity contribution is -0.124. The number of anilines is 1. The molecular formula is C16H20BrN3O. The normalized spacial score (nSPS) is 36.7. The second kappa shape index (κ2) is 5.04. The molecule has 4 fully saturated rings. The fourth-order valence-corrected chi connectivity index (χ4v) is 5.62. The molecule has 4 nitrogen and oxygen atoms in total. The summed E-state index contributed by atoms with van der Waals surface area (Å²) >= 11 is 3.25. The zero-order valence-corrected chi connectivity index (χ0v) is 13.6. The molecule has 21 heavy (non-hydrogen) atoms. The number of carbonyl (C=O) groups is 1. The molecule has 0 spiro atoms. The van der Waals surface area contributed by atoms with Crippen LogP contribution in [-0.4, -0.2) is 15.9 Å². The molecule has 4 saturated carbocycles. The topological polar surface area (TPSA) is 54.9 Å². The van der Waals surface area contributed by atoms with Gasteiger partial charge in [-0.3, -0.25) is 4.79 Å². The van der Waals surface area contributed by atoms with Gasteiger partial charge >= 0.3 is 0 Å². The molecule has 1 heterocycles. The largest absolute Gasteiger partial charge is 0.309 e. The van der Waals surface area contributed by atoms with Crippen LogP contribution >= 0.6 is 15.9 Å². The molecule has 1 N–H and O–H groups in total. The highest BCUT2D eigenvalue weighted by Gasteiger charge is 2.51. The first-order valence-corrected chi connectivity index (χ1v) is 8.67. The molecule has 0 atom stereocenters. The van der Waals surface area contributed by atoms with Gasteiger partial charge in [0.05, 0.1) is 12.4 Å². The van der Waals surface area contributed by atoms with Gasteiger partial charge in [0.2, 0.25) is 5.91 Å². The van der Waals surface area contributed by atoms with Crippen LogP contribution in [0.1, 0.15) is 44.9 Å². The van der Waals surface area contributed by atoms with Crippen LogP contribution in [0.5, 0.6) is 0 Å². The third kappa shape index (κ3) is 2.72. The Balaban J connectivity index is 1.43. The number of nitrogens with one attached hydrogen (secondary N) is 1. The maximum atomic E-state index is 12.4. The molecule has 112 valence electrons. The summed E-state index contributed by atoms with van der Waals surface area (Å²) in [5.74, 6) is 3.31. The third-order valence-corrected chi connectivity index (χ3v) is 6.00. The van der Waals surface area contributed by atoms with E-state index in [1.807, 2.05) is 0 Å². The molecule has 0 aromatic carbocycles. The quantitative estimate of drug-likeness (QED) is 0.903. The minimum Gasteiger partial charge on any atom is -0.309 e. The van der Waals surface area contributed by atoms with E-state index in [1.165, 1.54) is 38.5 Å². The molecule has 5 rings (SSSR count). The van der Waals surface area contributed by atoms with Gasteiger partial charge in [-0.05, 0) is 77.6 Å². The summed E-state index contributed by atoms with van der Waals surface area (Å²) in [5.41, 5.74) is 0.279. The second-order valence-corrected chi connectivity index (χ2v) is 8.18. The molecular weight excluding hydrogens is 330 g/mol. The van der Waals surface area contributed by atoms with E-state index in [0.29, 0.717) is 16.8 Å². The van der Waals surface area contributed by atoms with Crippen molar-refractivity contribution in [1.29, 1.82) is 0 Å². The fraction of sp³-hybridized carbons (Fsp3) is 0.688. The summed E-state index contributed by atoms with van der Waals surface area (Å²) < 4.78 is 0.682. The molecule has 4 aliphatic carbocycles. The van der Waals surface area contributed by atoms with Crippen LogP contribution in [0.25, 0.3) is 0 Å². The zero-order valence-electron chi connectivity index (χ0n) is 12.0. The van der Waals surface area contributed by atoms with Crippen LogP contribution in [0.4, 0.5) is 5.82 Å². The Bertz CT molecular complexity index is 522. The van der Waals surface area contributed by atoms with Crippen LogP contribution in [0.15, 0.2) is 17.0 Å². The summed E-state index contributed by atoms with van der Waals surface area (Å²) in [6, 6.07) is 0. The molecule has 1 aromatic rings. The predicted octanol–water partition coefficient (Wildman–Crippen LogP) is 3.78. The Labute approximate surface area is 133 Å². The highest BCUT2D eigenvalue weighted by Crippen LogP contribution is 2.61. The van der Waals surface area contributed by atoms with Crippen molar-refractivity contribution in [3.05, 3.63) is 17.0 Å². The third-order valence-electron chi connectivity index (χ3n) is 5.59. The Morgan fingerprint density at radius 2 is 1.76 bits per heavy atom. The van der Waals surface area contributed by atoms with E-state index in [0.717, 1.165) is 17.8 Å². The van der Waals surface area contributed by atoms with E-state index in [9.17, 15) is 4.79 Å². The number of amides is 1. The Kier molecular flexibility index (Phi) is 3.28. The molecule has 4 bridgehead atoms. The number of nitrogens with zero attached hydrogens (tertiary/aromatic N) is 2. The van der Waals surface area contributed by atoms with E-state index in [-0.39, 0.29) is 11.3 Å². The number of hydrogen-bond donors (Lipinski definition) is 1. The minimum atomic E-state index is 0.105. The summed E-state index contributed by atoms with van der Waals surface area (Å²) in [6.45, 7) is 0. The highest BCUT2D eigenvalue weighted by molar-refractivity contribution is 9.10. The van der Waals surface area contributed by atoms with Crippen molar-refractivity contribution in [3.8, 4) is 0 Å². The maximum Gasteiger partial charge on any atom is 0.226 e. The highest BCUT2D eigenvalue weighted by atomic mass is 79.9. The van der Waals surface area contributed by atoms with Gasteiger partial charge in [0.15, 0.2) is 5.82 Å². The zero-order chi connectivity index (χ0) is 14.4. The lowest BCUT2D eigenvalue weighted by Gasteiger charge is -2.56. The number of carbonyl (C=O) groups excluding carboxylic acids is 1. The van der Waals surface area contributed by atoms with Crippen molar-refractivity contribution >= 4 is 27.7 Å². The van der Waals surface area contributed by atoms with Crippen molar-refractivity contribution in [2.75, 3.05) is 5.32 Å². The van der Waals surface area contributed by atoms with Crippen LogP contribution in [0, 0.1) is 23.2 Å². The monoisotopic (exact) mass is 349 g/mol. The van der Waals surface area contributed by atoms with Crippen LogP contribution in [0.3, 0.4) is 0 Å². The molecule has 0 saturated heterocycles. The maximum absolute atomic E-state index is 12.4. The van der Waals surface area contributed by atoms with Gasteiger partial charge in [-0.15, -0.1) is 0 Å². The fourth-order valence-electron chi connectivity index (χ4n) is 5.41. The van der Waals surface area contributed by atoms with Gasteiger partial charge < -0.3 is 5.32 Å². The number of aromatic nitrogens is 2. The average molecular weight is 350 g/mol. The first-order chi connectivity index (χ1) is 10.1. The minimum absolute atomic E-state index is 0.105. The SMILES string of the molecule is O=C(CC12CC3CC(CC(C3)C1)C2)Nc1cnc(Br)cn1.